The number of benzene rings is 1. The van der Waals surface area contributed by atoms with Crippen LogP contribution in [0, 0.1) is 11.8 Å². The molecule has 2 nitrogen and oxygen atoms in total. The number of hydrogen-bond acceptors (Lipinski definition) is 2. The van der Waals surface area contributed by atoms with Crippen LogP contribution in [-0.4, -0.2) is 18.8 Å². The van der Waals surface area contributed by atoms with Crippen LogP contribution in [0.1, 0.15) is 38.6 Å². The Labute approximate surface area is 141 Å². The Morgan fingerprint density at radius 3 is 2.33 bits per heavy atom. The largest absolute Gasteiger partial charge is 0.492 e. The summed E-state index contributed by atoms with van der Waals surface area (Å²) < 4.78 is 11.3. The van der Waals surface area contributed by atoms with E-state index in [0.29, 0.717) is 28.3 Å². The molecule has 118 valence electrons. The Balaban J connectivity index is 2.31. The third kappa shape index (κ3) is 3.44. The van der Waals surface area contributed by atoms with Crippen molar-refractivity contribution < 1.29 is 9.47 Å². The predicted molar refractivity (Wildman–Crippen MR) is 88.9 cm³/mol. The number of rotatable bonds is 4. The van der Waals surface area contributed by atoms with Crippen LogP contribution in [0.25, 0.3) is 0 Å². The minimum Gasteiger partial charge on any atom is -0.492 e. The summed E-state index contributed by atoms with van der Waals surface area (Å²) >= 11 is 19.3. The normalized spacial score (nSPS) is 30.4. The molecule has 1 fully saturated rings. The molecule has 0 bridgehead atoms. The summed E-state index contributed by atoms with van der Waals surface area (Å²) in [4.78, 5) is 0. The van der Waals surface area contributed by atoms with Crippen molar-refractivity contribution in [3.8, 4) is 5.75 Å². The molecule has 0 N–H and O–H groups in total. The van der Waals surface area contributed by atoms with Crippen LogP contribution in [-0.2, 0) is 4.74 Å². The zero-order valence-corrected chi connectivity index (χ0v) is 15.0. The second-order valence-corrected chi connectivity index (χ2v) is 6.91. The first-order chi connectivity index (χ1) is 9.86. The fraction of sp³-hybridized carbons (Fsp3) is 0.625. The van der Waals surface area contributed by atoms with Crippen LogP contribution in [0.2, 0.25) is 10.0 Å². The van der Waals surface area contributed by atoms with Crippen LogP contribution in [0.15, 0.2) is 12.1 Å². The van der Waals surface area contributed by atoms with E-state index in [4.69, 9.17) is 44.3 Å². The first-order valence-corrected chi connectivity index (χ1v) is 8.47. The van der Waals surface area contributed by atoms with Gasteiger partial charge >= 0.3 is 0 Å². The van der Waals surface area contributed by atoms with Crippen molar-refractivity contribution in [2.75, 3.05) is 6.61 Å². The summed E-state index contributed by atoms with van der Waals surface area (Å²) in [7, 11) is 0. The molecule has 0 saturated carbocycles. The van der Waals surface area contributed by atoms with Crippen LogP contribution in [0.5, 0.6) is 5.75 Å². The molecule has 0 aromatic heterocycles. The van der Waals surface area contributed by atoms with E-state index in [1.54, 1.807) is 6.07 Å². The van der Waals surface area contributed by atoms with Gasteiger partial charge in [0.2, 0.25) is 0 Å². The lowest BCUT2D eigenvalue weighted by Gasteiger charge is -2.25. The van der Waals surface area contributed by atoms with Gasteiger partial charge in [-0.25, -0.2) is 0 Å². The molecule has 1 saturated heterocycles. The highest BCUT2D eigenvalue weighted by atomic mass is 35.5. The minimum absolute atomic E-state index is 0.0962. The Morgan fingerprint density at radius 1 is 1.14 bits per heavy atom. The van der Waals surface area contributed by atoms with Gasteiger partial charge in [0.1, 0.15) is 5.75 Å². The summed E-state index contributed by atoms with van der Waals surface area (Å²) in [5.74, 6) is 1.16. The standard InChI is InChI=1S/C16H21Cl3O2/c1-5-20-14-7-12(17)11(6-13(14)18)16(19)15-8(2)9(3)21-10(15)4/h6-10,15-16H,5H2,1-4H3. The minimum atomic E-state index is -0.236. The van der Waals surface area contributed by atoms with Gasteiger partial charge in [0, 0.05) is 17.0 Å². The molecule has 21 heavy (non-hydrogen) atoms. The molecule has 5 atom stereocenters. The molecular weight excluding hydrogens is 331 g/mol. The van der Waals surface area contributed by atoms with Gasteiger partial charge < -0.3 is 9.47 Å². The highest BCUT2D eigenvalue weighted by Crippen LogP contribution is 2.47. The van der Waals surface area contributed by atoms with E-state index in [0.717, 1.165) is 5.56 Å². The topological polar surface area (TPSA) is 18.5 Å². The van der Waals surface area contributed by atoms with E-state index in [9.17, 15) is 0 Å². The van der Waals surface area contributed by atoms with E-state index < -0.39 is 0 Å². The summed E-state index contributed by atoms with van der Waals surface area (Å²) in [6, 6.07) is 3.56. The molecule has 1 aromatic rings. The van der Waals surface area contributed by atoms with Crippen LogP contribution in [0.3, 0.4) is 0 Å². The molecule has 1 aromatic carbocycles. The third-order valence-electron chi connectivity index (χ3n) is 4.30. The number of halogens is 3. The van der Waals surface area contributed by atoms with E-state index in [2.05, 4.69) is 20.8 Å². The van der Waals surface area contributed by atoms with Gasteiger partial charge in [-0.05, 0) is 38.3 Å². The summed E-state index contributed by atoms with van der Waals surface area (Å²) in [6.07, 6.45) is 0.294. The highest BCUT2D eigenvalue weighted by molar-refractivity contribution is 6.35. The SMILES string of the molecule is CCOc1cc(Cl)c(C(Cl)C2C(C)OC(C)C2C)cc1Cl. The Bertz CT molecular complexity index is 507. The second kappa shape index (κ2) is 6.95. The van der Waals surface area contributed by atoms with Gasteiger partial charge in [0.25, 0.3) is 0 Å². The average molecular weight is 352 g/mol. The van der Waals surface area contributed by atoms with Gasteiger partial charge in [-0.3, -0.25) is 0 Å². The van der Waals surface area contributed by atoms with Crippen molar-refractivity contribution in [3.05, 3.63) is 27.7 Å². The quantitative estimate of drug-likeness (QED) is 0.645. The molecule has 1 aliphatic heterocycles. The lowest BCUT2D eigenvalue weighted by atomic mass is 9.84. The fourth-order valence-electron chi connectivity index (χ4n) is 3.03. The first kappa shape index (κ1) is 17.2. The monoisotopic (exact) mass is 350 g/mol. The Morgan fingerprint density at radius 2 is 1.81 bits per heavy atom. The summed E-state index contributed by atoms with van der Waals surface area (Å²) in [6.45, 7) is 8.75. The number of hydrogen-bond donors (Lipinski definition) is 0. The molecule has 5 unspecified atom stereocenters. The average Bonchev–Trinajstić information content (AvgIpc) is 2.67. The third-order valence-corrected chi connectivity index (χ3v) is 5.45. The smallest absolute Gasteiger partial charge is 0.139 e. The lowest BCUT2D eigenvalue weighted by Crippen LogP contribution is -2.22. The molecule has 0 aliphatic carbocycles. The molecule has 0 amide bonds. The molecule has 1 aliphatic rings. The molecular formula is C16H21Cl3O2. The Kier molecular flexibility index (Phi) is 5.70. The van der Waals surface area contributed by atoms with Crippen molar-refractivity contribution in [1.29, 1.82) is 0 Å². The van der Waals surface area contributed by atoms with Gasteiger partial charge in [0.05, 0.1) is 29.2 Å². The van der Waals surface area contributed by atoms with Crippen LogP contribution >= 0.6 is 34.8 Å². The predicted octanol–water partition coefficient (Wildman–Crippen LogP) is 5.73. The fourth-order valence-corrected chi connectivity index (χ4v) is 4.20. The van der Waals surface area contributed by atoms with Gasteiger partial charge in [-0.15, -0.1) is 11.6 Å². The van der Waals surface area contributed by atoms with E-state index >= 15 is 0 Å². The van der Waals surface area contributed by atoms with Crippen LogP contribution < -0.4 is 4.74 Å². The van der Waals surface area contributed by atoms with Crippen molar-refractivity contribution >= 4 is 34.8 Å². The number of ether oxygens (including phenoxy) is 2. The van der Waals surface area contributed by atoms with E-state index in [1.807, 2.05) is 13.0 Å². The zero-order valence-electron chi connectivity index (χ0n) is 12.7. The highest BCUT2D eigenvalue weighted by Gasteiger charge is 2.42. The van der Waals surface area contributed by atoms with Crippen molar-refractivity contribution in [3.63, 3.8) is 0 Å². The van der Waals surface area contributed by atoms with Gasteiger partial charge in [0.15, 0.2) is 0 Å². The maximum absolute atomic E-state index is 6.71. The second-order valence-electron chi connectivity index (χ2n) is 5.62. The molecule has 0 radical (unpaired) electrons. The van der Waals surface area contributed by atoms with E-state index in [-0.39, 0.29) is 23.5 Å². The van der Waals surface area contributed by atoms with Crippen molar-refractivity contribution in [2.45, 2.75) is 45.3 Å². The molecule has 5 heteroatoms. The van der Waals surface area contributed by atoms with Crippen molar-refractivity contribution in [2.24, 2.45) is 11.8 Å². The molecule has 1 heterocycles. The molecule has 0 spiro atoms. The maximum Gasteiger partial charge on any atom is 0.139 e. The molecule has 2 rings (SSSR count). The van der Waals surface area contributed by atoms with Crippen molar-refractivity contribution in [1.82, 2.24) is 0 Å². The van der Waals surface area contributed by atoms with Crippen LogP contribution in [0.4, 0.5) is 0 Å². The summed E-state index contributed by atoms with van der Waals surface area (Å²) in [5, 5.41) is 0.886. The lowest BCUT2D eigenvalue weighted by molar-refractivity contribution is 0.0508. The van der Waals surface area contributed by atoms with E-state index in [1.165, 1.54) is 0 Å². The summed E-state index contributed by atoms with van der Waals surface area (Å²) in [5.41, 5.74) is 0.841. The Hall–Kier alpha value is -0.150. The maximum atomic E-state index is 6.71. The first-order valence-electron chi connectivity index (χ1n) is 7.28. The van der Waals surface area contributed by atoms with Gasteiger partial charge in [-0.1, -0.05) is 30.1 Å². The number of alkyl halides is 1. The van der Waals surface area contributed by atoms with Gasteiger partial charge in [-0.2, -0.15) is 0 Å². The zero-order chi connectivity index (χ0) is 15.7.